The Morgan fingerprint density at radius 1 is 1.06 bits per heavy atom. The van der Waals surface area contributed by atoms with Crippen molar-refractivity contribution in [3.8, 4) is 0 Å². The molecule has 34 heavy (non-hydrogen) atoms. The highest BCUT2D eigenvalue weighted by molar-refractivity contribution is 6.23. The van der Waals surface area contributed by atoms with E-state index in [2.05, 4.69) is 15.5 Å². The Morgan fingerprint density at radius 3 is 2.50 bits per heavy atom. The molecule has 4 rings (SSSR count). The van der Waals surface area contributed by atoms with Gasteiger partial charge in [0.1, 0.15) is 6.61 Å². The predicted molar refractivity (Wildman–Crippen MR) is 124 cm³/mol. The molecule has 0 bridgehead atoms. The summed E-state index contributed by atoms with van der Waals surface area (Å²) >= 11 is 0. The Kier molecular flexibility index (Phi) is 7.66. The number of carbonyl (C=O) groups excluding carboxylic acids is 4. The fourth-order valence-electron chi connectivity index (χ4n) is 4.86. The van der Waals surface area contributed by atoms with Gasteiger partial charge in [-0.3, -0.25) is 14.4 Å². The number of ketones is 1. The van der Waals surface area contributed by atoms with Crippen LogP contribution in [0, 0.1) is 11.8 Å². The minimum Gasteiger partial charge on any atom is -0.447 e. The van der Waals surface area contributed by atoms with Gasteiger partial charge in [0.15, 0.2) is 11.7 Å². The number of hydrogen-bond acceptors (Lipinski definition) is 7. The number of benzene rings is 1. The number of amides is 3. The van der Waals surface area contributed by atoms with Crippen molar-refractivity contribution in [3.63, 3.8) is 0 Å². The molecule has 0 saturated carbocycles. The van der Waals surface area contributed by atoms with Crippen LogP contribution in [-0.4, -0.2) is 81.1 Å². The minimum atomic E-state index is -1.45. The maximum atomic E-state index is 13.2. The van der Waals surface area contributed by atoms with Crippen molar-refractivity contribution in [2.24, 2.45) is 11.8 Å². The Labute approximate surface area is 198 Å². The fourth-order valence-corrected chi connectivity index (χ4v) is 4.86. The smallest absolute Gasteiger partial charge is 0.409 e. The largest absolute Gasteiger partial charge is 0.447 e. The lowest BCUT2D eigenvalue weighted by molar-refractivity contribution is -0.147. The number of rotatable bonds is 6. The predicted octanol–water partition coefficient (Wildman–Crippen LogP) is 1.40. The SMILES string of the molecule is COCCOC(=O)N1CC[C@@H]2NC(=O)C(C(=O)Nc3ccc(N4CCCCC4)cc3)C(=O)[C@H]2C1. The number of hydrogen-bond donors (Lipinski definition) is 2. The molecule has 1 aromatic rings. The van der Waals surface area contributed by atoms with Crippen molar-refractivity contribution in [3.05, 3.63) is 24.3 Å². The van der Waals surface area contributed by atoms with E-state index in [1.807, 2.05) is 12.1 Å². The molecule has 3 amide bonds. The van der Waals surface area contributed by atoms with Gasteiger partial charge in [-0.05, 0) is 49.9 Å². The zero-order chi connectivity index (χ0) is 24.1. The second-order valence-electron chi connectivity index (χ2n) is 8.98. The van der Waals surface area contributed by atoms with Gasteiger partial charge in [0.05, 0.1) is 12.5 Å². The molecule has 1 unspecified atom stereocenters. The van der Waals surface area contributed by atoms with Crippen molar-refractivity contribution in [1.29, 1.82) is 0 Å². The van der Waals surface area contributed by atoms with E-state index >= 15 is 0 Å². The molecule has 1 aromatic carbocycles. The van der Waals surface area contributed by atoms with Crippen molar-refractivity contribution in [2.45, 2.75) is 31.7 Å². The summed E-state index contributed by atoms with van der Waals surface area (Å²) in [6.45, 7) is 2.89. The van der Waals surface area contributed by atoms with Gasteiger partial charge in [0.2, 0.25) is 11.8 Å². The summed E-state index contributed by atoms with van der Waals surface area (Å²) in [6, 6.07) is 7.06. The van der Waals surface area contributed by atoms with Crippen molar-refractivity contribution < 1.29 is 28.7 Å². The van der Waals surface area contributed by atoms with E-state index in [1.54, 1.807) is 12.1 Å². The molecule has 0 aromatic heterocycles. The first-order chi connectivity index (χ1) is 16.5. The van der Waals surface area contributed by atoms with Crippen molar-refractivity contribution >= 4 is 35.1 Å². The average Bonchev–Trinajstić information content (AvgIpc) is 2.85. The molecule has 3 saturated heterocycles. The molecule has 3 aliphatic heterocycles. The summed E-state index contributed by atoms with van der Waals surface area (Å²) in [4.78, 5) is 54.7. The first kappa shape index (κ1) is 24.0. The van der Waals surface area contributed by atoms with Crippen LogP contribution in [0.2, 0.25) is 0 Å². The van der Waals surface area contributed by atoms with Crippen LogP contribution in [-0.2, 0) is 23.9 Å². The topological polar surface area (TPSA) is 117 Å². The second kappa shape index (κ2) is 10.9. The Bertz CT molecular complexity index is 915. The number of carbonyl (C=O) groups is 4. The van der Waals surface area contributed by atoms with Crippen LogP contribution in [0.5, 0.6) is 0 Å². The molecule has 3 heterocycles. The number of ether oxygens (including phenoxy) is 2. The van der Waals surface area contributed by atoms with Gasteiger partial charge in [-0.1, -0.05) is 0 Å². The summed E-state index contributed by atoms with van der Waals surface area (Å²) in [5.41, 5.74) is 1.62. The third-order valence-electron chi connectivity index (χ3n) is 6.74. The number of methoxy groups -OCH3 is 1. The third kappa shape index (κ3) is 5.32. The van der Waals surface area contributed by atoms with E-state index in [0.29, 0.717) is 18.7 Å². The van der Waals surface area contributed by atoms with Gasteiger partial charge in [0, 0.05) is 50.7 Å². The zero-order valence-electron chi connectivity index (χ0n) is 19.5. The maximum Gasteiger partial charge on any atom is 0.409 e. The van der Waals surface area contributed by atoms with E-state index in [1.165, 1.54) is 31.3 Å². The number of nitrogens with one attached hydrogen (secondary N) is 2. The van der Waals surface area contributed by atoms with Crippen molar-refractivity contribution in [1.82, 2.24) is 10.2 Å². The van der Waals surface area contributed by atoms with E-state index in [-0.39, 0.29) is 19.8 Å². The van der Waals surface area contributed by atoms with E-state index in [9.17, 15) is 19.2 Å². The summed E-state index contributed by atoms with van der Waals surface area (Å²) in [7, 11) is 1.51. The van der Waals surface area contributed by atoms with Gasteiger partial charge in [0.25, 0.3) is 0 Å². The Balaban J connectivity index is 1.37. The summed E-state index contributed by atoms with van der Waals surface area (Å²) in [5.74, 6) is -3.83. The normalized spacial score (nSPS) is 24.8. The summed E-state index contributed by atoms with van der Waals surface area (Å²) in [6.07, 6.45) is 3.48. The average molecular weight is 473 g/mol. The highest BCUT2D eigenvalue weighted by atomic mass is 16.6. The highest BCUT2D eigenvalue weighted by Gasteiger charge is 2.49. The highest BCUT2D eigenvalue weighted by Crippen LogP contribution is 2.28. The second-order valence-corrected chi connectivity index (χ2v) is 8.98. The lowest BCUT2D eigenvalue weighted by Gasteiger charge is -2.41. The molecule has 3 fully saturated rings. The molecule has 3 atom stereocenters. The fraction of sp³-hybridized carbons (Fsp3) is 0.583. The van der Waals surface area contributed by atoms with E-state index in [0.717, 1.165) is 18.8 Å². The van der Waals surface area contributed by atoms with Gasteiger partial charge < -0.3 is 29.9 Å². The molecule has 10 heteroatoms. The van der Waals surface area contributed by atoms with Crippen LogP contribution in [0.4, 0.5) is 16.2 Å². The van der Waals surface area contributed by atoms with E-state index in [4.69, 9.17) is 9.47 Å². The van der Waals surface area contributed by atoms with Crippen LogP contribution in [0.15, 0.2) is 24.3 Å². The minimum absolute atomic E-state index is 0.101. The number of fused-ring (bicyclic) bond motifs is 1. The molecule has 10 nitrogen and oxygen atoms in total. The van der Waals surface area contributed by atoms with Crippen LogP contribution < -0.4 is 15.5 Å². The first-order valence-corrected chi connectivity index (χ1v) is 11.9. The number of anilines is 2. The summed E-state index contributed by atoms with van der Waals surface area (Å²) in [5, 5.41) is 5.51. The van der Waals surface area contributed by atoms with Gasteiger partial charge in [-0.15, -0.1) is 0 Å². The van der Waals surface area contributed by atoms with Gasteiger partial charge >= 0.3 is 6.09 Å². The molecule has 0 aliphatic carbocycles. The van der Waals surface area contributed by atoms with E-state index < -0.39 is 41.6 Å². The Morgan fingerprint density at radius 2 is 1.79 bits per heavy atom. The van der Waals surface area contributed by atoms with Crippen LogP contribution in [0.25, 0.3) is 0 Å². The lowest BCUT2D eigenvalue weighted by Crippen LogP contribution is -2.63. The number of piperidine rings is 3. The maximum absolute atomic E-state index is 13.2. The van der Waals surface area contributed by atoms with Crippen molar-refractivity contribution in [2.75, 3.05) is 56.7 Å². The third-order valence-corrected chi connectivity index (χ3v) is 6.74. The molecule has 0 spiro atoms. The molecular weight excluding hydrogens is 440 g/mol. The molecule has 184 valence electrons. The van der Waals surface area contributed by atoms with Gasteiger partial charge in [-0.25, -0.2) is 4.79 Å². The first-order valence-electron chi connectivity index (χ1n) is 11.9. The van der Waals surface area contributed by atoms with Crippen LogP contribution in [0.1, 0.15) is 25.7 Å². The Hall–Kier alpha value is -3.14. The summed E-state index contributed by atoms with van der Waals surface area (Å²) < 4.78 is 10.0. The molecule has 0 radical (unpaired) electrons. The standard InChI is InChI=1S/C24H32N4O6/c1-33-13-14-34-24(32)28-12-9-19-18(15-28)21(29)20(23(31)26-19)22(30)25-16-5-7-17(8-6-16)27-10-3-2-4-11-27/h5-8,18-20H,2-4,9-15H2,1H3,(H,25,30)(H,26,31)/t18-,19-,20?/m0/s1. The monoisotopic (exact) mass is 472 g/mol. The molecular formula is C24H32N4O6. The lowest BCUT2D eigenvalue weighted by atomic mass is 9.78. The van der Waals surface area contributed by atoms with Gasteiger partial charge in [-0.2, -0.15) is 0 Å². The number of likely N-dealkylation sites (tertiary alicyclic amines) is 1. The quantitative estimate of drug-likeness (QED) is 0.475. The molecule has 3 aliphatic rings. The number of Topliss-reactive ketones (excluding diaryl/α,β-unsaturated/α-hetero) is 1. The molecule has 2 N–H and O–H groups in total. The number of nitrogens with zero attached hydrogens (tertiary/aromatic N) is 2. The zero-order valence-corrected chi connectivity index (χ0v) is 19.5. The van der Waals surface area contributed by atoms with Crippen LogP contribution in [0.3, 0.4) is 0 Å². The van der Waals surface area contributed by atoms with Crippen LogP contribution >= 0.6 is 0 Å².